The van der Waals surface area contributed by atoms with E-state index in [-0.39, 0.29) is 29.2 Å². The van der Waals surface area contributed by atoms with Gasteiger partial charge in [0.1, 0.15) is 5.82 Å². The van der Waals surface area contributed by atoms with Gasteiger partial charge in [-0.05, 0) is 31.0 Å². The van der Waals surface area contributed by atoms with Crippen molar-refractivity contribution in [2.75, 3.05) is 5.32 Å². The van der Waals surface area contributed by atoms with E-state index in [0.717, 1.165) is 31.7 Å². The Hall–Kier alpha value is -2.31. The van der Waals surface area contributed by atoms with Gasteiger partial charge in [-0.2, -0.15) is 0 Å². The zero-order chi connectivity index (χ0) is 14.5. The number of hydrogen-bond acceptors (Lipinski definition) is 3. The van der Waals surface area contributed by atoms with Crippen LogP contribution in [0.5, 0.6) is 0 Å². The molecule has 0 aliphatic heterocycles. The zero-order valence-electron chi connectivity index (χ0n) is 10.9. The van der Waals surface area contributed by atoms with Crippen LogP contribution in [0.3, 0.4) is 0 Å². The van der Waals surface area contributed by atoms with Crippen molar-refractivity contribution in [3.05, 3.63) is 29.6 Å². The molecule has 108 valence electrons. The number of hydrogen-bond donors (Lipinski definition) is 4. The second-order valence-electron chi connectivity index (χ2n) is 4.75. The number of nitrogens with one attached hydrogen (secondary N) is 2. The molecule has 20 heavy (non-hydrogen) atoms. The molecule has 0 atom stereocenters. The normalized spacial score (nSPS) is 16.1. The molecule has 1 fully saturated rings. The van der Waals surface area contributed by atoms with E-state index in [1.54, 1.807) is 0 Å². The van der Waals surface area contributed by atoms with Crippen molar-refractivity contribution < 1.29 is 14.4 Å². The number of oxime groups is 1. The summed E-state index contributed by atoms with van der Waals surface area (Å²) in [4.78, 5) is 11.9. The monoisotopic (exact) mass is 280 g/mol. The van der Waals surface area contributed by atoms with Crippen molar-refractivity contribution in [2.45, 2.75) is 31.7 Å². The first kappa shape index (κ1) is 14.1. The Labute approximate surface area is 115 Å². The van der Waals surface area contributed by atoms with Crippen LogP contribution in [0.4, 0.5) is 14.9 Å². The van der Waals surface area contributed by atoms with Crippen LogP contribution >= 0.6 is 0 Å². The molecule has 0 spiro atoms. The molecule has 0 aromatic heterocycles. The highest BCUT2D eigenvalue weighted by Gasteiger charge is 2.18. The van der Waals surface area contributed by atoms with Gasteiger partial charge >= 0.3 is 6.03 Å². The fraction of sp³-hybridized carbons (Fsp3) is 0.385. The Bertz CT molecular complexity index is 527. The first-order chi connectivity index (χ1) is 9.60. The van der Waals surface area contributed by atoms with E-state index >= 15 is 0 Å². The maximum Gasteiger partial charge on any atom is 0.319 e. The summed E-state index contributed by atoms with van der Waals surface area (Å²) in [5.41, 5.74) is 5.89. The van der Waals surface area contributed by atoms with E-state index in [4.69, 9.17) is 10.9 Å². The van der Waals surface area contributed by atoms with Gasteiger partial charge in [0, 0.05) is 11.6 Å². The first-order valence-corrected chi connectivity index (χ1v) is 6.45. The molecule has 7 heteroatoms. The number of carbonyl (C=O) groups is 1. The third-order valence-corrected chi connectivity index (χ3v) is 3.30. The van der Waals surface area contributed by atoms with Gasteiger partial charge in [0.15, 0.2) is 5.84 Å². The number of benzene rings is 1. The van der Waals surface area contributed by atoms with Gasteiger partial charge < -0.3 is 21.6 Å². The molecule has 1 aromatic carbocycles. The topological polar surface area (TPSA) is 99.7 Å². The highest BCUT2D eigenvalue weighted by molar-refractivity contribution is 6.05. The average molecular weight is 280 g/mol. The lowest BCUT2D eigenvalue weighted by atomic mass is 10.1. The van der Waals surface area contributed by atoms with Crippen LogP contribution in [0.15, 0.2) is 23.4 Å². The van der Waals surface area contributed by atoms with Gasteiger partial charge in [0.25, 0.3) is 0 Å². The van der Waals surface area contributed by atoms with Crippen LogP contribution in [-0.4, -0.2) is 23.1 Å². The summed E-state index contributed by atoms with van der Waals surface area (Å²) in [6.07, 6.45) is 4.14. The molecule has 5 N–H and O–H groups in total. The Morgan fingerprint density at radius 2 is 2.10 bits per heavy atom. The third kappa shape index (κ3) is 3.37. The molecule has 0 radical (unpaired) electrons. The maximum atomic E-state index is 13.2. The van der Waals surface area contributed by atoms with Crippen LogP contribution in [0.1, 0.15) is 31.2 Å². The van der Waals surface area contributed by atoms with E-state index in [9.17, 15) is 9.18 Å². The highest BCUT2D eigenvalue weighted by atomic mass is 19.1. The van der Waals surface area contributed by atoms with Gasteiger partial charge in [-0.1, -0.05) is 18.0 Å². The van der Waals surface area contributed by atoms with Gasteiger partial charge in [-0.25, -0.2) is 9.18 Å². The number of rotatable bonds is 3. The lowest BCUT2D eigenvalue weighted by Crippen LogP contribution is -2.36. The molecule has 1 aromatic rings. The van der Waals surface area contributed by atoms with Crippen molar-refractivity contribution in [1.82, 2.24) is 5.32 Å². The molecule has 1 aliphatic carbocycles. The Balaban J connectivity index is 2.09. The predicted molar refractivity (Wildman–Crippen MR) is 73.3 cm³/mol. The predicted octanol–water partition coefficient (Wildman–Crippen LogP) is 1.98. The molecule has 2 rings (SSSR count). The molecule has 1 aliphatic rings. The summed E-state index contributed by atoms with van der Waals surface area (Å²) in [5, 5.41) is 16.9. The summed E-state index contributed by atoms with van der Waals surface area (Å²) in [7, 11) is 0. The second kappa shape index (κ2) is 6.23. The van der Waals surface area contributed by atoms with Crippen molar-refractivity contribution in [1.29, 1.82) is 0 Å². The molecular weight excluding hydrogens is 263 g/mol. The molecular formula is C13H17FN4O2. The minimum atomic E-state index is -0.534. The maximum absolute atomic E-state index is 13.2. The van der Waals surface area contributed by atoms with Gasteiger partial charge in [-0.3, -0.25) is 0 Å². The van der Waals surface area contributed by atoms with E-state index in [0.29, 0.717) is 0 Å². The van der Waals surface area contributed by atoms with Gasteiger partial charge in [0.05, 0.1) is 5.69 Å². The molecule has 0 heterocycles. The smallest absolute Gasteiger partial charge is 0.319 e. The minimum absolute atomic E-state index is 0.133. The molecule has 0 unspecified atom stereocenters. The summed E-state index contributed by atoms with van der Waals surface area (Å²) in [5.74, 6) is -0.797. The van der Waals surface area contributed by atoms with Crippen LogP contribution in [0.25, 0.3) is 0 Å². The summed E-state index contributed by atoms with van der Waals surface area (Å²) < 4.78 is 13.2. The van der Waals surface area contributed by atoms with Crippen LogP contribution < -0.4 is 16.4 Å². The quantitative estimate of drug-likeness (QED) is 0.295. The highest BCUT2D eigenvalue weighted by Crippen LogP contribution is 2.19. The SMILES string of the molecule is N/C(=N/O)c1cc(F)ccc1NC(=O)NC1CCCC1. The fourth-order valence-corrected chi connectivity index (χ4v) is 2.31. The van der Waals surface area contributed by atoms with E-state index in [1.807, 2.05) is 0 Å². The minimum Gasteiger partial charge on any atom is -0.409 e. The Morgan fingerprint density at radius 1 is 1.40 bits per heavy atom. The van der Waals surface area contributed by atoms with Crippen molar-refractivity contribution in [2.24, 2.45) is 10.9 Å². The van der Waals surface area contributed by atoms with Gasteiger partial charge in [0.2, 0.25) is 0 Å². The summed E-state index contributed by atoms with van der Waals surface area (Å²) in [6.45, 7) is 0. The molecule has 1 saturated carbocycles. The summed E-state index contributed by atoms with van der Waals surface area (Å²) >= 11 is 0. The lowest BCUT2D eigenvalue weighted by molar-refractivity contribution is 0.248. The first-order valence-electron chi connectivity index (χ1n) is 6.45. The van der Waals surface area contributed by atoms with Crippen LogP contribution in [-0.2, 0) is 0 Å². The number of nitrogens with zero attached hydrogens (tertiary/aromatic N) is 1. The van der Waals surface area contributed by atoms with Crippen molar-refractivity contribution >= 4 is 17.6 Å². The number of halogens is 1. The molecule has 6 nitrogen and oxygen atoms in total. The van der Waals surface area contributed by atoms with Crippen LogP contribution in [0.2, 0.25) is 0 Å². The Kier molecular flexibility index (Phi) is 4.39. The molecule has 0 saturated heterocycles. The number of anilines is 1. The standard InChI is InChI=1S/C13H17FN4O2/c14-8-5-6-11(10(7-8)12(15)18-20)17-13(19)16-9-3-1-2-4-9/h5-7,9,20H,1-4H2,(H2,15,18)(H2,16,17,19). The number of urea groups is 1. The van der Waals surface area contributed by atoms with Crippen molar-refractivity contribution in [3.63, 3.8) is 0 Å². The zero-order valence-corrected chi connectivity index (χ0v) is 10.9. The van der Waals surface area contributed by atoms with E-state index < -0.39 is 5.82 Å². The third-order valence-electron chi connectivity index (χ3n) is 3.30. The number of amides is 2. The van der Waals surface area contributed by atoms with Crippen molar-refractivity contribution in [3.8, 4) is 0 Å². The van der Waals surface area contributed by atoms with E-state index in [1.165, 1.54) is 12.1 Å². The average Bonchev–Trinajstić information content (AvgIpc) is 2.92. The lowest BCUT2D eigenvalue weighted by Gasteiger charge is -2.14. The summed E-state index contributed by atoms with van der Waals surface area (Å²) in [6, 6.07) is 3.45. The van der Waals surface area contributed by atoms with Gasteiger partial charge in [-0.15, -0.1) is 0 Å². The number of nitrogens with two attached hydrogens (primary N) is 1. The van der Waals surface area contributed by atoms with Crippen LogP contribution in [0, 0.1) is 5.82 Å². The number of amidine groups is 1. The second-order valence-corrected chi connectivity index (χ2v) is 4.75. The Morgan fingerprint density at radius 3 is 2.75 bits per heavy atom. The molecule has 0 bridgehead atoms. The molecule has 2 amide bonds. The van der Waals surface area contributed by atoms with E-state index in [2.05, 4.69) is 15.8 Å². The number of carbonyl (C=O) groups excluding carboxylic acids is 1. The fourth-order valence-electron chi connectivity index (χ4n) is 2.31. The largest absolute Gasteiger partial charge is 0.409 e.